The van der Waals surface area contributed by atoms with Crippen LogP contribution in [0.25, 0.3) is 0 Å². The monoisotopic (exact) mass is 244 g/mol. The molecule has 0 aromatic heterocycles. The van der Waals surface area contributed by atoms with Gasteiger partial charge in [-0.25, -0.2) is 0 Å². The molecule has 0 aliphatic heterocycles. The Morgan fingerprint density at radius 1 is 1.12 bits per heavy atom. The van der Waals surface area contributed by atoms with E-state index in [-0.39, 0.29) is 5.78 Å². The van der Waals surface area contributed by atoms with E-state index in [1.807, 2.05) is 6.92 Å². The van der Waals surface area contributed by atoms with E-state index in [2.05, 4.69) is 33.1 Å². The summed E-state index contributed by atoms with van der Waals surface area (Å²) >= 11 is 0. The Hall–Kier alpha value is -0.573. The first kappa shape index (κ1) is 17.8. The van der Waals surface area contributed by atoms with Crippen LogP contribution in [-0.2, 0) is 9.22 Å². The molecule has 0 amide bonds. The number of hydrogen-bond acceptors (Lipinski definition) is 2. The third-order valence-corrected chi connectivity index (χ3v) is 2.48. The predicted octanol–water partition coefficient (Wildman–Crippen LogP) is 4.53. The lowest BCUT2D eigenvalue weighted by Gasteiger charge is -2.20. The molecule has 0 heterocycles. The third-order valence-electron chi connectivity index (χ3n) is 1.58. The van der Waals surface area contributed by atoms with Crippen molar-refractivity contribution >= 4 is 14.1 Å². The Morgan fingerprint density at radius 2 is 1.56 bits per heavy atom. The predicted molar refractivity (Wildman–Crippen MR) is 74.1 cm³/mol. The molecule has 0 aromatic carbocycles. The minimum absolute atomic E-state index is 0.289. The molecule has 0 spiro atoms. The van der Waals surface area contributed by atoms with Gasteiger partial charge in [0.1, 0.15) is 5.78 Å². The molecule has 3 heteroatoms. The Balaban J connectivity index is 0. The molecule has 0 fully saturated rings. The van der Waals surface area contributed by atoms with E-state index >= 15 is 0 Å². The van der Waals surface area contributed by atoms with Crippen LogP contribution < -0.4 is 0 Å². The van der Waals surface area contributed by atoms with Crippen LogP contribution in [0.15, 0.2) is 12.3 Å². The van der Waals surface area contributed by atoms with Crippen LogP contribution in [-0.4, -0.2) is 14.1 Å². The lowest BCUT2D eigenvalue weighted by Crippen LogP contribution is -2.24. The third kappa shape index (κ3) is 19.1. The maximum Gasteiger partial charge on any atom is 0.241 e. The van der Waals surface area contributed by atoms with Crippen molar-refractivity contribution < 1.29 is 9.22 Å². The second-order valence-corrected chi connectivity index (χ2v) is 9.38. The summed E-state index contributed by atoms with van der Waals surface area (Å²) in [4.78, 5) is 10.0. The summed E-state index contributed by atoms with van der Waals surface area (Å²) in [6.45, 7) is 16.1. The van der Waals surface area contributed by atoms with Gasteiger partial charge in [-0.15, -0.1) is 0 Å². The molecule has 2 nitrogen and oxygen atoms in total. The fourth-order valence-corrected chi connectivity index (χ4v) is 2.08. The van der Waals surface area contributed by atoms with Crippen LogP contribution in [0.5, 0.6) is 0 Å². The van der Waals surface area contributed by atoms with Crippen molar-refractivity contribution in [3.05, 3.63) is 12.3 Å². The second-order valence-electron chi connectivity index (χ2n) is 4.96. The molecule has 0 bridgehead atoms. The van der Waals surface area contributed by atoms with Gasteiger partial charge in [-0.05, 0) is 39.4 Å². The van der Waals surface area contributed by atoms with Gasteiger partial charge in [-0.3, -0.25) is 0 Å². The molecular weight excluding hydrogens is 216 g/mol. The smallest absolute Gasteiger partial charge is 0.241 e. The molecule has 0 aliphatic rings. The summed E-state index contributed by atoms with van der Waals surface area (Å²) in [5, 5.41) is 0. The van der Waals surface area contributed by atoms with Gasteiger partial charge in [0.2, 0.25) is 8.32 Å². The molecule has 0 radical (unpaired) electrons. The molecule has 0 aliphatic carbocycles. The zero-order chi connectivity index (χ0) is 13.2. The Morgan fingerprint density at radius 3 is 1.75 bits per heavy atom. The first-order valence-corrected chi connectivity index (χ1v) is 9.50. The molecule has 0 saturated carbocycles. The molecule has 0 N–H and O–H groups in total. The summed E-state index contributed by atoms with van der Waals surface area (Å²) in [5.74, 6) is 1.25. The quantitative estimate of drug-likeness (QED) is 0.507. The zero-order valence-corrected chi connectivity index (χ0v) is 12.9. The zero-order valence-electron chi connectivity index (χ0n) is 11.9. The summed E-state index contributed by atoms with van der Waals surface area (Å²) in [6.07, 6.45) is 3.85. The van der Waals surface area contributed by atoms with Gasteiger partial charge in [0.15, 0.2) is 0 Å². The van der Waals surface area contributed by atoms with Gasteiger partial charge in [0, 0.05) is 12.8 Å². The normalized spacial score (nSPS) is 10.1. The standard InChI is InChI=1S/C8H18OSi.C5H10O/c1-6-7-8(2)9-10(3,4)5;1-3-4-5(2)6/h2,6-7H2,1,3-5H3;3-4H2,1-2H3. The van der Waals surface area contributed by atoms with Crippen molar-refractivity contribution in [2.24, 2.45) is 0 Å². The number of hydrogen-bond donors (Lipinski definition) is 0. The fraction of sp³-hybridized carbons (Fsp3) is 0.769. The molecule has 0 rings (SSSR count). The van der Waals surface area contributed by atoms with Crippen molar-refractivity contribution in [2.45, 2.75) is 66.1 Å². The highest BCUT2D eigenvalue weighted by Gasteiger charge is 2.15. The maximum absolute atomic E-state index is 10.0. The molecular formula is C13H28O2Si. The van der Waals surface area contributed by atoms with E-state index in [0.29, 0.717) is 0 Å². The van der Waals surface area contributed by atoms with Gasteiger partial charge in [-0.2, -0.15) is 0 Å². The van der Waals surface area contributed by atoms with Gasteiger partial charge in [-0.1, -0.05) is 20.4 Å². The van der Waals surface area contributed by atoms with Crippen LogP contribution in [0.2, 0.25) is 19.6 Å². The van der Waals surface area contributed by atoms with Gasteiger partial charge >= 0.3 is 0 Å². The van der Waals surface area contributed by atoms with Gasteiger partial charge in [0.25, 0.3) is 0 Å². The van der Waals surface area contributed by atoms with Crippen molar-refractivity contribution in [2.75, 3.05) is 0 Å². The molecule has 0 saturated heterocycles. The number of allylic oxidation sites excluding steroid dienone is 1. The first-order chi connectivity index (χ1) is 7.22. The number of Topliss-reactive ketones (excluding diaryl/α,β-unsaturated/α-hetero) is 1. The summed E-state index contributed by atoms with van der Waals surface area (Å²) in [7, 11) is -1.36. The van der Waals surface area contributed by atoms with Gasteiger partial charge < -0.3 is 9.22 Å². The highest BCUT2D eigenvalue weighted by atomic mass is 28.4. The highest BCUT2D eigenvalue weighted by molar-refractivity contribution is 6.70. The topological polar surface area (TPSA) is 26.3 Å². The van der Waals surface area contributed by atoms with Crippen molar-refractivity contribution in [3.63, 3.8) is 0 Å². The fourth-order valence-electron chi connectivity index (χ4n) is 1.11. The molecule has 0 aromatic rings. The summed E-state index contributed by atoms with van der Waals surface area (Å²) in [5.41, 5.74) is 0. The van der Waals surface area contributed by atoms with Crippen LogP contribution in [0.1, 0.15) is 46.5 Å². The lowest BCUT2D eigenvalue weighted by atomic mass is 10.3. The SMILES string of the molecule is C=C(CCC)O[Si](C)(C)C.CCCC(C)=O. The highest BCUT2D eigenvalue weighted by Crippen LogP contribution is 2.12. The molecule has 16 heavy (non-hydrogen) atoms. The van der Waals surface area contributed by atoms with E-state index in [1.165, 1.54) is 0 Å². The van der Waals surface area contributed by atoms with E-state index in [4.69, 9.17) is 4.43 Å². The Bertz CT molecular complexity index is 204. The van der Waals surface area contributed by atoms with E-state index in [0.717, 1.165) is 31.4 Å². The minimum Gasteiger partial charge on any atom is -0.548 e. The Kier molecular flexibility index (Phi) is 10.7. The minimum atomic E-state index is -1.36. The summed E-state index contributed by atoms with van der Waals surface area (Å²) < 4.78 is 5.62. The van der Waals surface area contributed by atoms with E-state index < -0.39 is 8.32 Å². The number of rotatable bonds is 6. The number of carbonyl (C=O) groups excluding carboxylic acids is 1. The van der Waals surface area contributed by atoms with Crippen molar-refractivity contribution in [3.8, 4) is 0 Å². The van der Waals surface area contributed by atoms with E-state index in [9.17, 15) is 4.79 Å². The molecule has 0 atom stereocenters. The van der Waals surface area contributed by atoms with Gasteiger partial charge in [0.05, 0.1) is 5.76 Å². The average Bonchev–Trinajstić information content (AvgIpc) is 2.01. The maximum atomic E-state index is 10.0. The molecule has 96 valence electrons. The van der Waals surface area contributed by atoms with E-state index in [1.54, 1.807) is 6.92 Å². The van der Waals surface area contributed by atoms with Crippen LogP contribution in [0.3, 0.4) is 0 Å². The molecule has 0 unspecified atom stereocenters. The first-order valence-electron chi connectivity index (χ1n) is 6.09. The number of ketones is 1. The largest absolute Gasteiger partial charge is 0.548 e. The average molecular weight is 244 g/mol. The van der Waals surface area contributed by atoms with Crippen molar-refractivity contribution in [1.82, 2.24) is 0 Å². The summed E-state index contributed by atoms with van der Waals surface area (Å²) in [6, 6.07) is 0. The van der Waals surface area contributed by atoms with Crippen LogP contribution in [0, 0.1) is 0 Å². The van der Waals surface area contributed by atoms with Crippen molar-refractivity contribution in [1.29, 1.82) is 0 Å². The lowest BCUT2D eigenvalue weighted by molar-refractivity contribution is -0.117. The van der Waals surface area contributed by atoms with Crippen LogP contribution >= 0.6 is 0 Å². The number of carbonyl (C=O) groups is 1. The Labute approximate surface area is 102 Å². The van der Waals surface area contributed by atoms with Crippen LogP contribution in [0.4, 0.5) is 0 Å². The second kappa shape index (κ2) is 9.64.